The quantitative estimate of drug-likeness (QED) is 0.788. The Morgan fingerprint density at radius 3 is 2.58 bits per heavy atom. The fourth-order valence-corrected chi connectivity index (χ4v) is 3.86. The van der Waals surface area contributed by atoms with Gasteiger partial charge < -0.3 is 4.90 Å². The molecule has 1 saturated carbocycles. The van der Waals surface area contributed by atoms with Gasteiger partial charge in [-0.15, -0.1) is 5.10 Å². The summed E-state index contributed by atoms with van der Waals surface area (Å²) >= 11 is 1.35. The van der Waals surface area contributed by atoms with Crippen LogP contribution in [0.25, 0.3) is 0 Å². The summed E-state index contributed by atoms with van der Waals surface area (Å²) in [7, 11) is 0. The van der Waals surface area contributed by atoms with Gasteiger partial charge in [-0.25, -0.2) is 9.89 Å². The van der Waals surface area contributed by atoms with E-state index in [9.17, 15) is 9.59 Å². The maximum absolute atomic E-state index is 13.2. The maximum atomic E-state index is 13.2. The van der Waals surface area contributed by atoms with Crippen LogP contribution in [0.4, 0.5) is 0 Å². The molecule has 0 saturated heterocycles. The van der Waals surface area contributed by atoms with Crippen LogP contribution in [0.2, 0.25) is 0 Å². The average Bonchev–Trinajstić information content (AvgIpc) is 3.36. The monoisotopic (exact) mass is 374 g/mol. The van der Waals surface area contributed by atoms with Crippen molar-refractivity contribution in [1.29, 1.82) is 0 Å². The summed E-state index contributed by atoms with van der Waals surface area (Å²) in [4.78, 5) is 27.0. The minimum Gasteiger partial charge on any atom is -0.333 e. The van der Waals surface area contributed by atoms with E-state index in [4.69, 9.17) is 0 Å². The van der Waals surface area contributed by atoms with Gasteiger partial charge in [0.2, 0.25) is 5.91 Å². The van der Waals surface area contributed by atoms with Gasteiger partial charge in [-0.1, -0.05) is 42.1 Å². The molecule has 1 atom stereocenters. The van der Waals surface area contributed by atoms with Crippen molar-refractivity contribution in [3.63, 3.8) is 0 Å². The highest BCUT2D eigenvalue weighted by Crippen LogP contribution is 2.37. The van der Waals surface area contributed by atoms with Crippen molar-refractivity contribution in [1.82, 2.24) is 19.7 Å². The van der Waals surface area contributed by atoms with E-state index in [0.29, 0.717) is 11.7 Å². The van der Waals surface area contributed by atoms with E-state index in [2.05, 4.69) is 10.2 Å². The van der Waals surface area contributed by atoms with Gasteiger partial charge in [0, 0.05) is 18.1 Å². The highest BCUT2D eigenvalue weighted by atomic mass is 32.2. The Kier molecular flexibility index (Phi) is 5.27. The second-order valence-corrected chi connectivity index (χ2v) is 9.06. The van der Waals surface area contributed by atoms with Crippen LogP contribution in [0.3, 0.4) is 0 Å². The van der Waals surface area contributed by atoms with Crippen molar-refractivity contribution in [3.05, 3.63) is 46.4 Å². The Morgan fingerprint density at radius 1 is 1.35 bits per heavy atom. The normalized spacial score (nSPS) is 15.7. The predicted octanol–water partition coefficient (Wildman–Crippen LogP) is 3.21. The van der Waals surface area contributed by atoms with E-state index in [1.54, 1.807) is 4.57 Å². The highest BCUT2D eigenvalue weighted by molar-refractivity contribution is 8.00. The molecule has 0 radical (unpaired) electrons. The minimum absolute atomic E-state index is 0.0455. The molecule has 2 aromatic rings. The number of aromatic amines is 1. The molecule has 1 amide bonds. The predicted molar refractivity (Wildman–Crippen MR) is 103 cm³/mol. The van der Waals surface area contributed by atoms with Gasteiger partial charge in [0.15, 0.2) is 5.16 Å². The molecule has 0 unspecified atom stereocenters. The van der Waals surface area contributed by atoms with E-state index in [-0.39, 0.29) is 28.4 Å². The molecule has 140 valence electrons. The number of carbonyl (C=O) groups excluding carboxylic acids is 1. The number of amides is 1. The van der Waals surface area contributed by atoms with Crippen molar-refractivity contribution in [2.24, 2.45) is 0 Å². The topological polar surface area (TPSA) is 71.0 Å². The van der Waals surface area contributed by atoms with E-state index in [0.717, 1.165) is 18.4 Å². The van der Waals surface area contributed by atoms with Crippen LogP contribution in [-0.2, 0) is 11.3 Å². The van der Waals surface area contributed by atoms with Crippen molar-refractivity contribution in [2.45, 2.75) is 69.1 Å². The van der Waals surface area contributed by atoms with E-state index in [1.165, 1.54) is 11.8 Å². The first kappa shape index (κ1) is 18.8. The van der Waals surface area contributed by atoms with Crippen LogP contribution in [0, 0.1) is 0 Å². The van der Waals surface area contributed by atoms with Gasteiger partial charge in [0.05, 0.1) is 5.25 Å². The first-order chi connectivity index (χ1) is 12.3. The van der Waals surface area contributed by atoms with Crippen LogP contribution < -0.4 is 5.69 Å². The lowest BCUT2D eigenvalue weighted by Gasteiger charge is -2.37. The lowest BCUT2D eigenvalue weighted by atomic mass is 10.0. The zero-order valence-electron chi connectivity index (χ0n) is 15.7. The Bertz CT molecular complexity index is 818. The van der Waals surface area contributed by atoms with Crippen LogP contribution in [0.5, 0.6) is 0 Å². The van der Waals surface area contributed by atoms with Gasteiger partial charge in [-0.3, -0.25) is 9.36 Å². The third-order valence-electron chi connectivity index (χ3n) is 4.47. The molecule has 1 heterocycles. The molecular weight excluding hydrogens is 348 g/mol. The van der Waals surface area contributed by atoms with E-state index >= 15 is 0 Å². The summed E-state index contributed by atoms with van der Waals surface area (Å²) < 4.78 is 1.69. The first-order valence-electron chi connectivity index (χ1n) is 8.96. The minimum atomic E-state index is -0.328. The number of H-pyrrole nitrogens is 1. The van der Waals surface area contributed by atoms with Crippen molar-refractivity contribution >= 4 is 17.7 Å². The summed E-state index contributed by atoms with van der Waals surface area (Å²) in [5, 5.41) is 6.91. The number of thioether (sulfide) groups is 1. The molecule has 0 aliphatic heterocycles. The van der Waals surface area contributed by atoms with Gasteiger partial charge in [-0.2, -0.15) is 0 Å². The van der Waals surface area contributed by atoms with Crippen molar-refractivity contribution in [3.8, 4) is 0 Å². The molecule has 1 N–H and O–H groups in total. The Morgan fingerprint density at radius 2 is 2.00 bits per heavy atom. The molecular formula is C19H26N4O2S. The van der Waals surface area contributed by atoms with Crippen molar-refractivity contribution < 1.29 is 4.79 Å². The van der Waals surface area contributed by atoms with Gasteiger partial charge in [0.25, 0.3) is 0 Å². The lowest BCUT2D eigenvalue weighted by molar-refractivity contribution is -0.135. The molecule has 1 fully saturated rings. The van der Waals surface area contributed by atoms with Gasteiger partial charge >= 0.3 is 5.69 Å². The highest BCUT2D eigenvalue weighted by Gasteiger charge is 2.33. The SMILES string of the molecule is C[C@H](Sc1n[nH]c(=O)n1C1CC1)C(=O)N(Cc1ccccc1)C(C)(C)C. The molecule has 3 rings (SSSR count). The summed E-state index contributed by atoms with van der Waals surface area (Å²) in [6, 6.07) is 10.2. The standard InChI is InChI=1S/C19H26N4O2S/c1-13(26-18-21-20-17(25)23(18)15-10-11-15)16(24)22(19(2,3)4)12-14-8-6-5-7-9-14/h5-9,13,15H,10-12H2,1-4H3,(H,20,25)/t13-/m0/s1. The fraction of sp³-hybridized carbons (Fsp3) is 0.526. The van der Waals surface area contributed by atoms with Gasteiger partial charge in [-0.05, 0) is 46.1 Å². The molecule has 6 nitrogen and oxygen atoms in total. The fourth-order valence-electron chi connectivity index (χ4n) is 2.87. The van der Waals surface area contributed by atoms with Crippen LogP contribution >= 0.6 is 11.8 Å². The smallest absolute Gasteiger partial charge is 0.333 e. The number of benzene rings is 1. The average molecular weight is 375 g/mol. The number of carbonyl (C=O) groups is 1. The summed E-state index contributed by atoms with van der Waals surface area (Å²) in [5.41, 5.74) is 0.609. The number of nitrogens with zero attached hydrogens (tertiary/aromatic N) is 3. The van der Waals surface area contributed by atoms with Crippen molar-refractivity contribution in [2.75, 3.05) is 0 Å². The molecule has 0 spiro atoms. The summed E-state index contributed by atoms with van der Waals surface area (Å²) in [6.07, 6.45) is 1.99. The lowest BCUT2D eigenvalue weighted by Crippen LogP contribution is -2.48. The third kappa shape index (κ3) is 4.20. The molecule has 26 heavy (non-hydrogen) atoms. The zero-order valence-corrected chi connectivity index (χ0v) is 16.5. The molecule has 0 bridgehead atoms. The molecule has 1 aromatic heterocycles. The second kappa shape index (κ2) is 7.31. The van der Waals surface area contributed by atoms with E-state index in [1.807, 2.05) is 62.9 Å². The maximum Gasteiger partial charge on any atom is 0.344 e. The Hall–Kier alpha value is -2.02. The largest absolute Gasteiger partial charge is 0.344 e. The number of nitrogens with one attached hydrogen (secondary N) is 1. The van der Waals surface area contributed by atoms with Gasteiger partial charge in [0.1, 0.15) is 0 Å². The first-order valence-corrected chi connectivity index (χ1v) is 9.84. The molecule has 1 aliphatic rings. The molecule has 1 aliphatic carbocycles. The third-order valence-corrected chi connectivity index (χ3v) is 5.53. The van der Waals surface area contributed by atoms with Crippen LogP contribution in [0.15, 0.2) is 40.3 Å². The van der Waals surface area contributed by atoms with Crippen LogP contribution in [-0.4, -0.2) is 36.4 Å². The number of hydrogen-bond acceptors (Lipinski definition) is 4. The second-order valence-electron chi connectivity index (χ2n) is 7.75. The summed E-state index contributed by atoms with van der Waals surface area (Å²) in [6.45, 7) is 8.57. The Labute approximate surface area is 158 Å². The number of rotatable bonds is 6. The summed E-state index contributed by atoms with van der Waals surface area (Å²) in [5.74, 6) is 0.0455. The van der Waals surface area contributed by atoms with Crippen LogP contribution in [0.1, 0.15) is 52.1 Å². The molecule has 1 aromatic carbocycles. The Balaban J connectivity index is 1.77. The van der Waals surface area contributed by atoms with E-state index < -0.39 is 0 Å². The number of aromatic nitrogens is 3. The molecule has 7 heteroatoms. The zero-order chi connectivity index (χ0) is 18.9. The number of hydrogen-bond donors (Lipinski definition) is 1.